The molecule has 3 heteroatoms. The Kier molecular flexibility index (Phi) is 4.04. The summed E-state index contributed by atoms with van der Waals surface area (Å²) in [6.45, 7) is 0. The minimum atomic E-state index is -0.719. The zero-order valence-electron chi connectivity index (χ0n) is 9.43. The van der Waals surface area contributed by atoms with E-state index in [1.54, 1.807) is 11.8 Å². The zero-order valence-corrected chi connectivity index (χ0v) is 10.2. The van der Waals surface area contributed by atoms with Crippen molar-refractivity contribution in [1.82, 2.24) is 0 Å². The predicted octanol–water partition coefficient (Wildman–Crippen LogP) is 3.80. The lowest BCUT2D eigenvalue weighted by Crippen LogP contribution is -1.94. The van der Waals surface area contributed by atoms with Crippen molar-refractivity contribution in [3.8, 4) is 0 Å². The summed E-state index contributed by atoms with van der Waals surface area (Å²) in [4.78, 5) is 11.6. The van der Waals surface area contributed by atoms with Gasteiger partial charge < -0.3 is 5.11 Å². The first-order valence-corrected chi connectivity index (χ1v) is 6.58. The van der Waals surface area contributed by atoms with Crippen LogP contribution in [0.25, 0.3) is 10.8 Å². The summed E-state index contributed by atoms with van der Waals surface area (Å²) in [5.41, 5.74) is 0. The maximum absolute atomic E-state index is 10.4. The van der Waals surface area contributed by atoms with E-state index < -0.39 is 5.97 Å². The predicted molar refractivity (Wildman–Crippen MR) is 71.5 cm³/mol. The van der Waals surface area contributed by atoms with Gasteiger partial charge in [0.05, 0.1) is 0 Å². The van der Waals surface area contributed by atoms with Crippen molar-refractivity contribution >= 4 is 28.5 Å². The van der Waals surface area contributed by atoms with E-state index in [0.29, 0.717) is 6.42 Å². The Balaban J connectivity index is 2.05. The normalized spacial score (nSPS) is 10.6. The van der Waals surface area contributed by atoms with Crippen LogP contribution in [-0.4, -0.2) is 16.8 Å². The topological polar surface area (TPSA) is 37.3 Å². The molecule has 1 N–H and O–H groups in total. The average molecular weight is 246 g/mol. The van der Waals surface area contributed by atoms with Crippen molar-refractivity contribution < 1.29 is 9.90 Å². The number of thioether (sulfide) groups is 1. The molecule has 0 unspecified atom stereocenters. The van der Waals surface area contributed by atoms with Crippen LogP contribution in [0.3, 0.4) is 0 Å². The SMILES string of the molecule is O=C(O)CCCSc1cccc2ccccc12. The largest absolute Gasteiger partial charge is 0.481 e. The maximum Gasteiger partial charge on any atom is 0.303 e. The van der Waals surface area contributed by atoms with Crippen LogP contribution in [0.1, 0.15) is 12.8 Å². The van der Waals surface area contributed by atoms with E-state index in [4.69, 9.17) is 5.11 Å². The number of fused-ring (bicyclic) bond motifs is 1. The number of carboxylic acids is 1. The van der Waals surface area contributed by atoms with Crippen molar-refractivity contribution in [2.75, 3.05) is 5.75 Å². The summed E-state index contributed by atoms with van der Waals surface area (Å²) >= 11 is 1.73. The molecule has 0 fully saturated rings. The van der Waals surface area contributed by atoms with Gasteiger partial charge in [0, 0.05) is 11.3 Å². The molecule has 0 heterocycles. The third-order valence-corrected chi connectivity index (χ3v) is 3.70. The molecule has 0 spiro atoms. The number of benzene rings is 2. The van der Waals surface area contributed by atoms with Crippen LogP contribution in [-0.2, 0) is 4.79 Å². The monoisotopic (exact) mass is 246 g/mol. The van der Waals surface area contributed by atoms with Crippen LogP contribution >= 0.6 is 11.8 Å². The number of carbonyl (C=O) groups is 1. The smallest absolute Gasteiger partial charge is 0.303 e. The molecule has 2 aromatic carbocycles. The van der Waals surface area contributed by atoms with Crippen molar-refractivity contribution in [1.29, 1.82) is 0 Å². The number of rotatable bonds is 5. The first-order valence-electron chi connectivity index (χ1n) is 5.60. The van der Waals surface area contributed by atoms with E-state index >= 15 is 0 Å². The highest BCUT2D eigenvalue weighted by molar-refractivity contribution is 7.99. The zero-order chi connectivity index (χ0) is 12.1. The highest BCUT2D eigenvalue weighted by Gasteiger charge is 2.01. The molecule has 0 saturated heterocycles. The van der Waals surface area contributed by atoms with E-state index in [-0.39, 0.29) is 6.42 Å². The van der Waals surface area contributed by atoms with Crippen molar-refractivity contribution in [3.63, 3.8) is 0 Å². The third-order valence-electron chi connectivity index (χ3n) is 2.54. The minimum absolute atomic E-state index is 0.248. The molecule has 0 atom stereocenters. The average Bonchev–Trinajstić information content (AvgIpc) is 2.34. The Morgan fingerprint density at radius 1 is 1.12 bits per heavy atom. The highest BCUT2D eigenvalue weighted by atomic mass is 32.2. The van der Waals surface area contributed by atoms with E-state index in [1.165, 1.54) is 15.7 Å². The first-order chi connectivity index (χ1) is 8.27. The Labute approximate surface area is 105 Å². The van der Waals surface area contributed by atoms with Crippen LogP contribution in [0.2, 0.25) is 0 Å². The molecular formula is C14H14O2S. The van der Waals surface area contributed by atoms with Gasteiger partial charge in [-0.05, 0) is 29.0 Å². The molecule has 2 rings (SSSR count). The Morgan fingerprint density at radius 3 is 2.71 bits per heavy atom. The van der Waals surface area contributed by atoms with Crippen LogP contribution in [0.15, 0.2) is 47.4 Å². The summed E-state index contributed by atoms with van der Waals surface area (Å²) in [5, 5.41) is 11.1. The lowest BCUT2D eigenvalue weighted by atomic mass is 10.1. The van der Waals surface area contributed by atoms with Gasteiger partial charge in [0.1, 0.15) is 0 Å². The van der Waals surface area contributed by atoms with E-state index in [0.717, 1.165) is 5.75 Å². The summed E-state index contributed by atoms with van der Waals surface area (Å²) in [6, 6.07) is 14.5. The Morgan fingerprint density at radius 2 is 1.88 bits per heavy atom. The Bertz CT molecular complexity index is 517. The van der Waals surface area contributed by atoms with Crippen LogP contribution < -0.4 is 0 Å². The van der Waals surface area contributed by atoms with Crippen LogP contribution in [0.5, 0.6) is 0 Å². The summed E-state index contributed by atoms with van der Waals surface area (Å²) in [6.07, 6.45) is 0.959. The van der Waals surface area contributed by atoms with E-state index in [9.17, 15) is 4.79 Å². The van der Waals surface area contributed by atoms with Gasteiger partial charge in [-0.3, -0.25) is 4.79 Å². The summed E-state index contributed by atoms with van der Waals surface area (Å²) < 4.78 is 0. The molecule has 2 nitrogen and oxygen atoms in total. The molecule has 0 aromatic heterocycles. The van der Waals surface area contributed by atoms with Crippen molar-refractivity contribution in [2.24, 2.45) is 0 Å². The molecule has 88 valence electrons. The van der Waals surface area contributed by atoms with Gasteiger partial charge in [-0.2, -0.15) is 0 Å². The number of hydrogen-bond acceptors (Lipinski definition) is 2. The lowest BCUT2D eigenvalue weighted by molar-refractivity contribution is -0.137. The second-order valence-corrected chi connectivity index (χ2v) is 4.96. The third kappa shape index (κ3) is 3.24. The van der Waals surface area contributed by atoms with E-state index in [2.05, 4.69) is 24.3 Å². The van der Waals surface area contributed by atoms with Gasteiger partial charge >= 0.3 is 5.97 Å². The fourth-order valence-electron chi connectivity index (χ4n) is 1.73. The molecule has 0 amide bonds. The number of aliphatic carboxylic acids is 1. The fraction of sp³-hybridized carbons (Fsp3) is 0.214. The van der Waals surface area contributed by atoms with Gasteiger partial charge in [-0.25, -0.2) is 0 Å². The van der Waals surface area contributed by atoms with Gasteiger partial charge in [0.2, 0.25) is 0 Å². The maximum atomic E-state index is 10.4. The Hall–Kier alpha value is -1.48. The fourth-order valence-corrected chi connectivity index (χ4v) is 2.75. The molecular weight excluding hydrogens is 232 g/mol. The molecule has 0 aliphatic rings. The second kappa shape index (κ2) is 5.73. The van der Waals surface area contributed by atoms with Crippen molar-refractivity contribution in [2.45, 2.75) is 17.7 Å². The van der Waals surface area contributed by atoms with Crippen molar-refractivity contribution in [3.05, 3.63) is 42.5 Å². The summed E-state index contributed by atoms with van der Waals surface area (Å²) in [7, 11) is 0. The molecule has 0 aliphatic carbocycles. The van der Waals surface area contributed by atoms with E-state index in [1.807, 2.05) is 18.2 Å². The molecule has 0 saturated carbocycles. The summed E-state index contributed by atoms with van der Waals surface area (Å²) in [5.74, 6) is 0.129. The van der Waals surface area contributed by atoms with Crippen LogP contribution in [0.4, 0.5) is 0 Å². The van der Waals surface area contributed by atoms with Gasteiger partial charge in [-0.15, -0.1) is 11.8 Å². The number of hydrogen-bond donors (Lipinski definition) is 1. The molecule has 2 aromatic rings. The van der Waals surface area contributed by atoms with Gasteiger partial charge in [0.25, 0.3) is 0 Å². The lowest BCUT2D eigenvalue weighted by Gasteiger charge is -2.05. The molecule has 0 bridgehead atoms. The first kappa shape index (κ1) is 12.0. The minimum Gasteiger partial charge on any atom is -0.481 e. The quantitative estimate of drug-likeness (QED) is 0.644. The van der Waals surface area contributed by atoms with Gasteiger partial charge in [0.15, 0.2) is 0 Å². The second-order valence-electron chi connectivity index (χ2n) is 3.82. The highest BCUT2D eigenvalue weighted by Crippen LogP contribution is 2.28. The molecule has 0 aliphatic heterocycles. The van der Waals surface area contributed by atoms with Gasteiger partial charge in [-0.1, -0.05) is 36.4 Å². The molecule has 0 radical (unpaired) electrons. The number of carboxylic acid groups (broad SMARTS) is 1. The standard InChI is InChI=1S/C14H14O2S/c15-14(16)9-4-10-17-13-8-3-6-11-5-1-2-7-12(11)13/h1-3,5-8H,4,9-10H2,(H,15,16). The van der Waals surface area contributed by atoms with Crippen LogP contribution in [0, 0.1) is 0 Å². The molecule has 17 heavy (non-hydrogen) atoms.